The summed E-state index contributed by atoms with van der Waals surface area (Å²) >= 11 is 0. The molecule has 0 saturated heterocycles. The number of anilines is 1. The lowest BCUT2D eigenvalue weighted by atomic mass is 9.99. The van der Waals surface area contributed by atoms with Crippen molar-refractivity contribution in [3.8, 4) is 5.75 Å². The van der Waals surface area contributed by atoms with E-state index in [4.69, 9.17) is 15.5 Å². The minimum Gasteiger partial charge on any atom is -0.494 e. The molecule has 3 rings (SSSR count). The van der Waals surface area contributed by atoms with Crippen LogP contribution in [-0.4, -0.2) is 12.1 Å². The first-order valence-electron chi connectivity index (χ1n) is 6.94. The average Bonchev–Trinajstić information content (AvgIpc) is 2.92. The minimum atomic E-state index is 0.567. The lowest BCUT2D eigenvalue weighted by molar-refractivity contribution is 0.418. The van der Waals surface area contributed by atoms with Crippen LogP contribution in [0.4, 0.5) is 5.69 Å². The van der Waals surface area contributed by atoms with Gasteiger partial charge in [0.1, 0.15) is 11.3 Å². The third-order valence-corrected chi connectivity index (χ3v) is 4.18. The van der Waals surface area contributed by atoms with Gasteiger partial charge in [-0.25, -0.2) is 4.98 Å². The fourth-order valence-corrected chi connectivity index (χ4v) is 3.14. The molecule has 1 aromatic heterocycles. The Morgan fingerprint density at radius 1 is 1.26 bits per heavy atom. The van der Waals surface area contributed by atoms with Crippen molar-refractivity contribution in [2.75, 3.05) is 12.8 Å². The summed E-state index contributed by atoms with van der Waals surface area (Å²) in [7, 11) is 1.68. The Hall–Kier alpha value is -1.77. The summed E-state index contributed by atoms with van der Waals surface area (Å²) in [6, 6.07) is 6.07. The van der Waals surface area contributed by atoms with E-state index in [9.17, 15) is 0 Å². The predicted octanol–water partition coefficient (Wildman–Crippen LogP) is 3.79. The SMILES string of the molecule is COc1ccc(C)c2c(N)cc(C3CCCC3)nc12. The molecule has 2 aromatic rings. The van der Waals surface area contributed by atoms with Gasteiger partial charge in [-0.2, -0.15) is 0 Å². The third-order valence-electron chi connectivity index (χ3n) is 4.18. The number of nitrogen functional groups attached to an aromatic ring is 1. The molecular formula is C16H20N2O. The third kappa shape index (κ3) is 2.03. The second-order valence-corrected chi connectivity index (χ2v) is 5.43. The van der Waals surface area contributed by atoms with Crippen LogP contribution in [-0.2, 0) is 0 Å². The number of pyridine rings is 1. The Labute approximate surface area is 113 Å². The quantitative estimate of drug-likeness (QED) is 0.889. The normalized spacial score (nSPS) is 16.1. The molecule has 3 heteroatoms. The van der Waals surface area contributed by atoms with E-state index in [-0.39, 0.29) is 0 Å². The van der Waals surface area contributed by atoms with Crippen LogP contribution >= 0.6 is 0 Å². The molecular weight excluding hydrogens is 236 g/mol. The number of ether oxygens (including phenoxy) is 1. The topological polar surface area (TPSA) is 48.1 Å². The zero-order valence-corrected chi connectivity index (χ0v) is 11.6. The summed E-state index contributed by atoms with van der Waals surface area (Å²) in [5, 5.41) is 1.03. The molecule has 1 saturated carbocycles. The Morgan fingerprint density at radius 2 is 2.00 bits per heavy atom. The van der Waals surface area contributed by atoms with Crippen molar-refractivity contribution in [3.05, 3.63) is 29.5 Å². The maximum Gasteiger partial charge on any atom is 0.145 e. The van der Waals surface area contributed by atoms with E-state index in [1.165, 1.54) is 25.7 Å². The number of aryl methyl sites for hydroxylation is 1. The van der Waals surface area contributed by atoms with E-state index < -0.39 is 0 Å². The van der Waals surface area contributed by atoms with Crippen molar-refractivity contribution in [3.63, 3.8) is 0 Å². The van der Waals surface area contributed by atoms with Crippen LogP contribution in [0, 0.1) is 6.92 Å². The standard InChI is InChI=1S/C16H20N2O/c1-10-7-8-14(19-2)16-15(10)12(17)9-13(18-16)11-5-3-4-6-11/h7-9,11H,3-6H2,1-2H3,(H2,17,18). The average molecular weight is 256 g/mol. The zero-order chi connectivity index (χ0) is 13.4. The molecule has 0 radical (unpaired) electrons. The van der Waals surface area contributed by atoms with Crippen LogP contribution in [0.2, 0.25) is 0 Å². The van der Waals surface area contributed by atoms with E-state index in [1.54, 1.807) is 7.11 Å². The van der Waals surface area contributed by atoms with Crippen molar-refractivity contribution >= 4 is 16.6 Å². The molecule has 0 bridgehead atoms. The Kier molecular flexibility index (Phi) is 3.05. The summed E-state index contributed by atoms with van der Waals surface area (Å²) < 4.78 is 5.44. The molecule has 0 atom stereocenters. The molecule has 0 amide bonds. The van der Waals surface area contributed by atoms with Crippen molar-refractivity contribution < 1.29 is 4.74 Å². The van der Waals surface area contributed by atoms with Gasteiger partial charge in [0.05, 0.1) is 7.11 Å². The molecule has 0 aliphatic heterocycles. The highest BCUT2D eigenvalue weighted by atomic mass is 16.5. The monoisotopic (exact) mass is 256 g/mol. The van der Waals surface area contributed by atoms with E-state index >= 15 is 0 Å². The van der Waals surface area contributed by atoms with Crippen LogP contribution in [0.5, 0.6) is 5.75 Å². The van der Waals surface area contributed by atoms with E-state index in [2.05, 4.69) is 13.0 Å². The first-order valence-corrected chi connectivity index (χ1v) is 6.94. The van der Waals surface area contributed by atoms with Crippen molar-refractivity contribution in [2.24, 2.45) is 0 Å². The van der Waals surface area contributed by atoms with Gasteiger partial charge in [0.15, 0.2) is 0 Å². The van der Waals surface area contributed by atoms with Crippen LogP contribution < -0.4 is 10.5 Å². The second kappa shape index (κ2) is 4.72. The molecule has 1 heterocycles. The fraction of sp³-hybridized carbons (Fsp3) is 0.438. The van der Waals surface area contributed by atoms with Gasteiger partial charge in [-0.3, -0.25) is 0 Å². The summed E-state index contributed by atoms with van der Waals surface area (Å²) in [6.07, 6.45) is 5.06. The lowest BCUT2D eigenvalue weighted by Gasteiger charge is -2.14. The largest absolute Gasteiger partial charge is 0.494 e. The highest BCUT2D eigenvalue weighted by molar-refractivity contribution is 5.96. The number of hydrogen-bond donors (Lipinski definition) is 1. The molecule has 0 unspecified atom stereocenters. The highest BCUT2D eigenvalue weighted by Gasteiger charge is 2.20. The molecule has 3 nitrogen and oxygen atoms in total. The van der Waals surface area contributed by atoms with Gasteiger partial charge in [-0.15, -0.1) is 0 Å². The van der Waals surface area contributed by atoms with Gasteiger partial charge >= 0.3 is 0 Å². The number of benzene rings is 1. The second-order valence-electron chi connectivity index (χ2n) is 5.43. The molecule has 1 aromatic carbocycles. The predicted molar refractivity (Wildman–Crippen MR) is 78.7 cm³/mol. The minimum absolute atomic E-state index is 0.567. The Balaban J connectivity index is 2.23. The molecule has 1 aliphatic rings. The first-order chi connectivity index (χ1) is 9.20. The van der Waals surface area contributed by atoms with E-state index in [0.717, 1.165) is 33.6 Å². The van der Waals surface area contributed by atoms with E-state index in [0.29, 0.717) is 5.92 Å². The van der Waals surface area contributed by atoms with Crippen LogP contribution in [0.3, 0.4) is 0 Å². The lowest BCUT2D eigenvalue weighted by Crippen LogP contribution is -2.02. The molecule has 0 spiro atoms. The van der Waals surface area contributed by atoms with Gasteiger partial charge < -0.3 is 10.5 Å². The van der Waals surface area contributed by atoms with Crippen molar-refractivity contribution in [2.45, 2.75) is 38.5 Å². The van der Waals surface area contributed by atoms with Gasteiger partial charge in [0, 0.05) is 22.7 Å². The van der Waals surface area contributed by atoms with Crippen LogP contribution in [0.1, 0.15) is 42.9 Å². The number of hydrogen-bond acceptors (Lipinski definition) is 3. The van der Waals surface area contributed by atoms with Crippen molar-refractivity contribution in [1.82, 2.24) is 4.98 Å². The molecule has 1 aliphatic carbocycles. The number of nitrogens with two attached hydrogens (primary N) is 1. The van der Waals surface area contributed by atoms with Gasteiger partial charge in [0.25, 0.3) is 0 Å². The maximum absolute atomic E-state index is 6.25. The number of rotatable bonds is 2. The number of aromatic nitrogens is 1. The van der Waals surface area contributed by atoms with Crippen LogP contribution in [0.15, 0.2) is 18.2 Å². The van der Waals surface area contributed by atoms with E-state index in [1.807, 2.05) is 12.1 Å². The van der Waals surface area contributed by atoms with Crippen molar-refractivity contribution in [1.29, 1.82) is 0 Å². The first kappa shape index (κ1) is 12.3. The summed E-state index contributed by atoms with van der Waals surface area (Å²) in [5.41, 5.74) is 10.3. The highest BCUT2D eigenvalue weighted by Crippen LogP contribution is 2.37. The number of nitrogens with zero attached hydrogens (tertiary/aromatic N) is 1. The summed E-state index contributed by atoms with van der Waals surface area (Å²) in [6.45, 7) is 2.06. The molecule has 1 fully saturated rings. The van der Waals surface area contributed by atoms with Gasteiger partial charge in [-0.1, -0.05) is 18.9 Å². The van der Waals surface area contributed by atoms with Gasteiger partial charge in [-0.05, 0) is 37.5 Å². The molecule has 100 valence electrons. The molecule has 2 N–H and O–H groups in total. The maximum atomic E-state index is 6.25. The fourth-order valence-electron chi connectivity index (χ4n) is 3.14. The Bertz CT molecular complexity index is 616. The van der Waals surface area contributed by atoms with Crippen LogP contribution in [0.25, 0.3) is 10.9 Å². The zero-order valence-electron chi connectivity index (χ0n) is 11.6. The summed E-state index contributed by atoms with van der Waals surface area (Å²) in [5.74, 6) is 1.38. The Morgan fingerprint density at radius 3 is 2.68 bits per heavy atom. The number of fused-ring (bicyclic) bond motifs is 1. The smallest absolute Gasteiger partial charge is 0.145 e. The number of methoxy groups -OCH3 is 1. The molecule has 19 heavy (non-hydrogen) atoms. The van der Waals surface area contributed by atoms with Gasteiger partial charge in [0.2, 0.25) is 0 Å². The summed E-state index contributed by atoms with van der Waals surface area (Å²) in [4.78, 5) is 4.84.